The molecule has 2 N–H and O–H groups in total. The number of hydrogen-bond acceptors (Lipinski definition) is 7. The second-order valence-electron chi connectivity index (χ2n) is 8.24. The summed E-state index contributed by atoms with van der Waals surface area (Å²) in [6.07, 6.45) is 5.22. The molecule has 1 atom stereocenters. The molecule has 0 spiro atoms. The molecule has 1 aromatic heterocycles. The smallest absolute Gasteiger partial charge is 0.260 e. The third-order valence-electron chi connectivity index (χ3n) is 6.22. The molecule has 0 radical (unpaired) electrons. The van der Waals surface area contributed by atoms with Gasteiger partial charge in [0.05, 0.1) is 7.11 Å². The van der Waals surface area contributed by atoms with Gasteiger partial charge < -0.3 is 24.7 Å². The molecule has 1 saturated heterocycles. The fraction of sp³-hybridized carbons (Fsp3) is 0.231. The van der Waals surface area contributed by atoms with Gasteiger partial charge in [0.2, 0.25) is 5.88 Å². The van der Waals surface area contributed by atoms with E-state index in [0.717, 1.165) is 35.1 Å². The maximum Gasteiger partial charge on any atom is 0.260 e. The van der Waals surface area contributed by atoms with Crippen LogP contribution in [-0.2, 0) is 10.6 Å². The van der Waals surface area contributed by atoms with E-state index >= 15 is 0 Å². The van der Waals surface area contributed by atoms with E-state index in [1.54, 1.807) is 31.5 Å². The summed E-state index contributed by atoms with van der Waals surface area (Å²) in [5, 5.41) is 24.3. The van der Waals surface area contributed by atoms with Gasteiger partial charge in [-0.1, -0.05) is 17.3 Å². The van der Waals surface area contributed by atoms with Crippen molar-refractivity contribution < 1.29 is 24.2 Å². The molecule has 174 valence electrons. The van der Waals surface area contributed by atoms with Gasteiger partial charge in [-0.3, -0.25) is 0 Å². The number of oxime groups is 1. The Hall–Kier alpha value is -3.91. The number of amidine groups is 1. The molecule has 1 unspecified atom stereocenters. The highest BCUT2D eigenvalue weighted by molar-refractivity contribution is 6.03. The van der Waals surface area contributed by atoms with Gasteiger partial charge in [-0.25, -0.2) is 9.37 Å². The highest BCUT2D eigenvalue weighted by atomic mass is 19.1. The second-order valence-corrected chi connectivity index (χ2v) is 8.24. The SMILES string of the molecule is COc1cc(/C=C2\CCCN3C2=NOC3(CO)c2ccc(F)cc2)ccc1-c1ccnc(O)c1. The van der Waals surface area contributed by atoms with E-state index < -0.39 is 5.72 Å². The van der Waals surface area contributed by atoms with Crippen LogP contribution in [0.1, 0.15) is 24.0 Å². The first kappa shape index (κ1) is 21.9. The summed E-state index contributed by atoms with van der Waals surface area (Å²) in [6.45, 7) is 0.335. The molecule has 3 aromatic rings. The number of pyridine rings is 1. The Kier molecular flexibility index (Phi) is 5.67. The van der Waals surface area contributed by atoms with Gasteiger partial charge in [0.15, 0.2) is 5.84 Å². The average Bonchev–Trinajstić information content (AvgIpc) is 3.25. The summed E-state index contributed by atoms with van der Waals surface area (Å²) >= 11 is 0. The van der Waals surface area contributed by atoms with Crippen LogP contribution in [0.3, 0.4) is 0 Å². The van der Waals surface area contributed by atoms with Crippen molar-refractivity contribution in [2.24, 2.45) is 5.16 Å². The number of aromatic hydroxyl groups is 1. The van der Waals surface area contributed by atoms with Gasteiger partial charge >= 0.3 is 0 Å². The number of benzene rings is 2. The molecule has 2 aliphatic heterocycles. The minimum absolute atomic E-state index is 0.0548. The quantitative estimate of drug-likeness (QED) is 0.590. The van der Waals surface area contributed by atoms with E-state index in [4.69, 9.17) is 9.57 Å². The number of aliphatic hydroxyl groups excluding tert-OH is 1. The number of aliphatic hydroxyl groups is 1. The lowest BCUT2D eigenvalue weighted by molar-refractivity contribution is -0.137. The Labute approximate surface area is 196 Å². The Bertz CT molecular complexity index is 1280. The lowest BCUT2D eigenvalue weighted by Crippen LogP contribution is -2.51. The molecule has 5 rings (SSSR count). The highest BCUT2D eigenvalue weighted by Crippen LogP contribution is 2.40. The molecule has 0 amide bonds. The van der Waals surface area contributed by atoms with Crippen molar-refractivity contribution in [3.63, 3.8) is 0 Å². The number of fused-ring (bicyclic) bond motifs is 1. The molecule has 3 heterocycles. The summed E-state index contributed by atoms with van der Waals surface area (Å²) in [5.41, 5.74) is 3.00. The lowest BCUT2D eigenvalue weighted by atomic mass is 9.94. The Morgan fingerprint density at radius 3 is 2.74 bits per heavy atom. The van der Waals surface area contributed by atoms with Crippen molar-refractivity contribution in [3.05, 3.63) is 83.3 Å². The van der Waals surface area contributed by atoms with Crippen molar-refractivity contribution in [2.75, 3.05) is 20.3 Å². The third kappa shape index (κ3) is 3.76. The van der Waals surface area contributed by atoms with Crippen LogP contribution in [0.2, 0.25) is 0 Å². The van der Waals surface area contributed by atoms with Crippen LogP contribution in [-0.4, -0.2) is 46.2 Å². The minimum atomic E-state index is -1.17. The maximum atomic E-state index is 13.5. The minimum Gasteiger partial charge on any atom is -0.496 e. The summed E-state index contributed by atoms with van der Waals surface area (Å²) in [6, 6.07) is 15.2. The largest absolute Gasteiger partial charge is 0.496 e. The van der Waals surface area contributed by atoms with E-state index in [9.17, 15) is 14.6 Å². The predicted molar refractivity (Wildman–Crippen MR) is 125 cm³/mol. The molecular weight excluding hydrogens is 437 g/mol. The molecule has 0 aliphatic carbocycles. The molecule has 0 saturated carbocycles. The number of rotatable bonds is 5. The fourth-order valence-corrected chi connectivity index (χ4v) is 4.53. The van der Waals surface area contributed by atoms with Crippen LogP contribution in [0, 0.1) is 5.82 Å². The Morgan fingerprint density at radius 1 is 1.18 bits per heavy atom. The van der Waals surface area contributed by atoms with E-state index in [1.165, 1.54) is 12.1 Å². The first-order valence-corrected chi connectivity index (χ1v) is 11.0. The zero-order valence-corrected chi connectivity index (χ0v) is 18.6. The first-order valence-electron chi connectivity index (χ1n) is 11.0. The molecule has 2 aliphatic rings. The lowest BCUT2D eigenvalue weighted by Gasteiger charge is -2.38. The number of aromatic nitrogens is 1. The van der Waals surface area contributed by atoms with E-state index in [0.29, 0.717) is 23.7 Å². The van der Waals surface area contributed by atoms with Gasteiger partial charge in [0.25, 0.3) is 5.72 Å². The highest BCUT2D eigenvalue weighted by Gasteiger charge is 2.49. The number of methoxy groups -OCH3 is 1. The van der Waals surface area contributed by atoms with Crippen LogP contribution in [0.15, 0.2) is 71.5 Å². The van der Waals surface area contributed by atoms with Gasteiger partial charge in [-0.05, 0) is 72.0 Å². The Balaban J connectivity index is 1.47. The zero-order chi connectivity index (χ0) is 23.7. The fourth-order valence-electron chi connectivity index (χ4n) is 4.53. The second kappa shape index (κ2) is 8.79. The molecule has 8 heteroatoms. The third-order valence-corrected chi connectivity index (χ3v) is 6.22. The van der Waals surface area contributed by atoms with Crippen molar-refractivity contribution in [2.45, 2.75) is 18.6 Å². The molecule has 7 nitrogen and oxygen atoms in total. The van der Waals surface area contributed by atoms with Gasteiger partial charge in [0, 0.05) is 29.9 Å². The first-order chi connectivity index (χ1) is 16.5. The van der Waals surface area contributed by atoms with Gasteiger partial charge in [0.1, 0.15) is 18.2 Å². The maximum absolute atomic E-state index is 13.5. The molecular formula is C26H24FN3O4. The number of hydrogen-bond donors (Lipinski definition) is 2. The monoisotopic (exact) mass is 461 g/mol. The normalized spacial score (nSPS) is 20.6. The summed E-state index contributed by atoms with van der Waals surface area (Å²) in [4.78, 5) is 11.6. The predicted octanol–water partition coefficient (Wildman–Crippen LogP) is 4.27. The van der Waals surface area contributed by atoms with E-state index in [-0.39, 0.29) is 18.3 Å². The molecule has 1 fully saturated rings. The van der Waals surface area contributed by atoms with Crippen molar-refractivity contribution in [1.29, 1.82) is 0 Å². The summed E-state index contributed by atoms with van der Waals surface area (Å²) in [5.74, 6) is 0.912. The summed E-state index contributed by atoms with van der Waals surface area (Å²) < 4.78 is 19.1. The van der Waals surface area contributed by atoms with Crippen LogP contribution in [0.25, 0.3) is 17.2 Å². The standard InChI is InChI=1S/C26H24FN3O4/c1-33-23-14-17(4-9-22(23)18-10-11-28-24(32)15-18)13-19-3-2-12-30-25(19)29-34-26(30,16-31)20-5-7-21(27)8-6-20/h4-11,13-15,31H,2-3,12,16H2,1H3,(H,28,32)/b19-13+. The Morgan fingerprint density at radius 2 is 2.00 bits per heavy atom. The molecule has 2 aromatic carbocycles. The molecule has 0 bridgehead atoms. The number of ether oxygens (including phenoxy) is 1. The van der Waals surface area contributed by atoms with Crippen molar-refractivity contribution in [1.82, 2.24) is 9.88 Å². The van der Waals surface area contributed by atoms with Gasteiger partial charge in [-0.2, -0.15) is 0 Å². The molecule has 34 heavy (non-hydrogen) atoms. The van der Waals surface area contributed by atoms with E-state index in [1.807, 2.05) is 35.2 Å². The number of nitrogens with zero attached hydrogens (tertiary/aromatic N) is 3. The average molecular weight is 461 g/mol. The summed E-state index contributed by atoms with van der Waals surface area (Å²) in [7, 11) is 1.60. The van der Waals surface area contributed by atoms with Gasteiger partial charge in [-0.15, -0.1) is 0 Å². The topological polar surface area (TPSA) is 87.4 Å². The zero-order valence-electron chi connectivity index (χ0n) is 18.6. The van der Waals surface area contributed by atoms with Crippen molar-refractivity contribution >= 4 is 11.9 Å². The van der Waals surface area contributed by atoms with Crippen molar-refractivity contribution in [3.8, 4) is 22.8 Å². The number of halogens is 1. The van der Waals surface area contributed by atoms with Crippen LogP contribution in [0.4, 0.5) is 4.39 Å². The van der Waals surface area contributed by atoms with Crippen LogP contribution < -0.4 is 4.74 Å². The van der Waals surface area contributed by atoms with E-state index in [2.05, 4.69) is 10.1 Å². The number of piperidine rings is 1. The van der Waals surface area contributed by atoms with Crippen LogP contribution >= 0.6 is 0 Å². The van der Waals surface area contributed by atoms with Crippen LogP contribution in [0.5, 0.6) is 11.6 Å².